The summed E-state index contributed by atoms with van der Waals surface area (Å²) >= 11 is 6.16. The van der Waals surface area contributed by atoms with Crippen LogP contribution in [0.3, 0.4) is 0 Å². The summed E-state index contributed by atoms with van der Waals surface area (Å²) in [6.07, 6.45) is 3.08. The van der Waals surface area contributed by atoms with E-state index in [-0.39, 0.29) is 48.7 Å². The van der Waals surface area contributed by atoms with Gasteiger partial charge in [0.15, 0.2) is 0 Å². The molecule has 3 aromatic carbocycles. The third kappa shape index (κ3) is 6.93. The van der Waals surface area contributed by atoms with E-state index in [1.54, 1.807) is 68.6 Å². The van der Waals surface area contributed by atoms with Gasteiger partial charge in [0.2, 0.25) is 0 Å². The predicted octanol–water partition coefficient (Wildman–Crippen LogP) is 4.45. The summed E-state index contributed by atoms with van der Waals surface area (Å²) in [6.45, 7) is 7.27. The molecule has 0 radical (unpaired) electrons. The van der Waals surface area contributed by atoms with Crippen LogP contribution in [0.15, 0.2) is 71.5 Å². The second-order valence-electron chi connectivity index (χ2n) is 8.49. The Labute approximate surface area is 250 Å². The Bertz CT molecular complexity index is 1520. The first-order valence-corrected chi connectivity index (χ1v) is 12.2. The zero-order valence-corrected chi connectivity index (χ0v) is 26.5. The van der Waals surface area contributed by atoms with Gasteiger partial charge in [0, 0.05) is 12.4 Å². The molecule has 0 fully saturated rings. The van der Waals surface area contributed by atoms with Gasteiger partial charge in [0.25, 0.3) is 5.91 Å². The number of nitrogens with zero attached hydrogens (tertiary/aromatic N) is 2. The summed E-state index contributed by atoms with van der Waals surface area (Å²) in [6, 6.07) is 18.5. The van der Waals surface area contributed by atoms with Crippen LogP contribution >= 0.6 is 11.6 Å². The first-order valence-electron chi connectivity index (χ1n) is 11.8. The molecule has 1 amide bonds. The van der Waals surface area contributed by atoms with Crippen molar-refractivity contribution in [1.82, 2.24) is 14.5 Å². The molecule has 0 aliphatic rings. The zero-order valence-electron chi connectivity index (χ0n) is 21.5. The van der Waals surface area contributed by atoms with Gasteiger partial charge in [0.1, 0.15) is 5.49 Å². The SMILES string of the molecule is Cc1cccc(Cl)c1C(=O)N[C@H]([C-]=O)Cc1ccc(-n2c(=N)c3ccccc3n(C)c2=O)cc1.[CH2-]CC.[U+2]. The first-order chi connectivity index (χ1) is 17.7. The van der Waals surface area contributed by atoms with E-state index in [9.17, 15) is 14.4 Å². The van der Waals surface area contributed by atoms with Crippen LogP contribution in [0.2, 0.25) is 5.02 Å². The molecule has 1 heterocycles. The van der Waals surface area contributed by atoms with E-state index in [4.69, 9.17) is 17.0 Å². The second-order valence-corrected chi connectivity index (χ2v) is 8.90. The number of aromatic nitrogens is 2. The van der Waals surface area contributed by atoms with E-state index in [0.717, 1.165) is 12.0 Å². The molecule has 0 aliphatic carbocycles. The molecule has 0 saturated heterocycles. The van der Waals surface area contributed by atoms with Crippen molar-refractivity contribution in [2.75, 3.05) is 0 Å². The van der Waals surface area contributed by atoms with Crippen LogP contribution < -0.4 is 16.5 Å². The molecular formula is C29H29ClN4O3U. The van der Waals surface area contributed by atoms with Gasteiger partial charge >= 0.3 is 36.8 Å². The number of amides is 1. The van der Waals surface area contributed by atoms with E-state index in [1.807, 2.05) is 25.3 Å². The Hall–Kier alpha value is -2.92. The van der Waals surface area contributed by atoms with Crippen LogP contribution in [0.1, 0.15) is 34.8 Å². The molecule has 4 aromatic rings. The number of aryl methyl sites for hydroxylation is 2. The number of benzene rings is 3. The largest absolute Gasteiger partial charge is 2.00 e. The number of hydrogen-bond donors (Lipinski definition) is 2. The number of fused-ring (bicyclic) bond motifs is 1. The molecule has 0 unspecified atom stereocenters. The number of hydrogen-bond acceptors (Lipinski definition) is 4. The van der Waals surface area contributed by atoms with Crippen molar-refractivity contribution in [1.29, 1.82) is 5.41 Å². The van der Waals surface area contributed by atoms with Gasteiger partial charge in [-0.1, -0.05) is 61.0 Å². The summed E-state index contributed by atoms with van der Waals surface area (Å²) in [5.41, 5.74) is 2.76. The van der Waals surface area contributed by atoms with Gasteiger partial charge in [-0.25, -0.2) is 15.6 Å². The van der Waals surface area contributed by atoms with Crippen molar-refractivity contribution in [2.24, 2.45) is 7.05 Å². The molecule has 7 nitrogen and oxygen atoms in total. The average molecular weight is 755 g/mol. The molecule has 1 atom stereocenters. The minimum absolute atomic E-state index is 0. The molecule has 0 spiro atoms. The summed E-state index contributed by atoms with van der Waals surface area (Å²) < 4.78 is 2.84. The van der Waals surface area contributed by atoms with Crippen molar-refractivity contribution in [3.8, 4) is 5.69 Å². The first kappa shape index (κ1) is 31.3. The normalized spacial score (nSPS) is 11.1. The Balaban J connectivity index is 0.00000121. The maximum absolute atomic E-state index is 12.9. The number of halogens is 1. The smallest absolute Gasteiger partial charge is 0.540 e. The summed E-state index contributed by atoms with van der Waals surface area (Å²) in [5, 5.41) is 12.2. The molecule has 9 heteroatoms. The van der Waals surface area contributed by atoms with Gasteiger partial charge in [-0.15, -0.1) is 0 Å². The number of rotatable bonds is 6. The van der Waals surface area contributed by atoms with Crippen molar-refractivity contribution < 1.29 is 40.7 Å². The van der Waals surface area contributed by atoms with Crippen LogP contribution in [0.4, 0.5) is 0 Å². The Morgan fingerprint density at radius 3 is 2.34 bits per heavy atom. The summed E-state index contributed by atoms with van der Waals surface area (Å²) in [5.74, 6) is -0.442. The van der Waals surface area contributed by atoms with Crippen molar-refractivity contribution in [3.05, 3.63) is 111 Å². The van der Waals surface area contributed by atoms with Crippen molar-refractivity contribution in [3.63, 3.8) is 0 Å². The van der Waals surface area contributed by atoms with Crippen LogP contribution in [0.5, 0.6) is 0 Å². The van der Waals surface area contributed by atoms with E-state index in [1.165, 1.54) is 9.13 Å². The van der Waals surface area contributed by atoms with Gasteiger partial charge < -0.3 is 17.0 Å². The zero-order chi connectivity index (χ0) is 27.1. The molecule has 1 aromatic heterocycles. The molecule has 2 N–H and O–H groups in total. The van der Waals surface area contributed by atoms with E-state index < -0.39 is 11.9 Å². The maximum Gasteiger partial charge on any atom is 2.00 e. The van der Waals surface area contributed by atoms with Crippen molar-refractivity contribution >= 4 is 34.7 Å². The monoisotopic (exact) mass is 754 g/mol. The maximum atomic E-state index is 12.9. The topological polar surface area (TPSA) is 96.9 Å². The third-order valence-electron chi connectivity index (χ3n) is 5.75. The van der Waals surface area contributed by atoms with E-state index in [0.29, 0.717) is 32.7 Å². The fraction of sp³-hybridized carbons (Fsp3) is 0.207. The molecular weight excluding hydrogens is 726 g/mol. The van der Waals surface area contributed by atoms with Crippen LogP contribution in [0.25, 0.3) is 16.6 Å². The summed E-state index contributed by atoms with van der Waals surface area (Å²) in [4.78, 5) is 37.1. The predicted molar refractivity (Wildman–Crippen MR) is 147 cm³/mol. The minimum atomic E-state index is -0.873. The number of carbonyl (C=O) groups is 1. The Morgan fingerprint density at radius 1 is 1.11 bits per heavy atom. The van der Waals surface area contributed by atoms with Crippen molar-refractivity contribution in [2.45, 2.75) is 32.7 Å². The fourth-order valence-corrected chi connectivity index (χ4v) is 4.27. The average Bonchev–Trinajstić information content (AvgIpc) is 2.88. The Morgan fingerprint density at radius 2 is 1.74 bits per heavy atom. The number of carbonyl (C=O) groups excluding carboxylic acids is 2. The minimum Gasteiger partial charge on any atom is -0.540 e. The van der Waals surface area contributed by atoms with Gasteiger partial charge in [0.05, 0.1) is 21.8 Å². The molecule has 0 bridgehead atoms. The molecule has 4 rings (SSSR count). The fourth-order valence-electron chi connectivity index (χ4n) is 3.96. The molecule has 0 aliphatic heterocycles. The molecule has 194 valence electrons. The van der Waals surface area contributed by atoms with E-state index >= 15 is 0 Å². The summed E-state index contributed by atoms with van der Waals surface area (Å²) in [7, 11) is 1.67. The van der Waals surface area contributed by atoms with Gasteiger partial charge in [-0.05, 0) is 54.8 Å². The molecule has 38 heavy (non-hydrogen) atoms. The van der Waals surface area contributed by atoms with Gasteiger partial charge in [-0.2, -0.15) is 6.42 Å². The van der Waals surface area contributed by atoms with Crippen LogP contribution in [0, 0.1) is 50.4 Å². The third-order valence-corrected chi connectivity index (χ3v) is 6.07. The van der Waals surface area contributed by atoms with Crippen LogP contribution in [-0.4, -0.2) is 27.4 Å². The van der Waals surface area contributed by atoms with Crippen LogP contribution in [-0.2, 0) is 18.3 Å². The second kappa shape index (κ2) is 14.3. The standard InChI is InChI=1S/C26H22ClN4O3.C3H7.U/c1-16-6-5-8-21(27)23(16)25(33)29-18(15-32)14-17-10-12-19(13-11-17)31-24(28)20-7-3-4-9-22(20)30(2)26(31)34;1-3-2;/h3-13,18,28H,14H2,1-2H3,(H,29,33);1,3H2,2H3;/q2*-1;+2/t18-;;/m0../s1. The van der Waals surface area contributed by atoms with E-state index in [2.05, 4.69) is 12.2 Å². The molecule has 0 saturated carbocycles. The number of para-hydroxylation sites is 1. The number of nitrogens with one attached hydrogen (secondary N) is 2. The quantitative estimate of drug-likeness (QED) is 0.285. The Kier molecular flexibility index (Phi) is 11.8. The van der Waals surface area contributed by atoms with Gasteiger partial charge in [-0.3, -0.25) is 14.8 Å².